The zero-order chi connectivity index (χ0) is 12.3. The van der Waals surface area contributed by atoms with Crippen LogP contribution in [0.2, 0.25) is 0 Å². The first-order chi connectivity index (χ1) is 7.47. The number of carbonyl (C=O) groups excluding carboxylic acids is 2. The van der Waals surface area contributed by atoms with Crippen LogP contribution in [0.5, 0.6) is 0 Å². The van der Waals surface area contributed by atoms with Crippen molar-refractivity contribution in [2.45, 2.75) is 39.7 Å². The maximum atomic E-state index is 11.8. The highest BCUT2D eigenvalue weighted by molar-refractivity contribution is 5.88. The quantitative estimate of drug-likeness (QED) is 0.551. The zero-order valence-electron chi connectivity index (χ0n) is 10.1. The van der Waals surface area contributed by atoms with Crippen LogP contribution >= 0.6 is 0 Å². The lowest BCUT2D eigenvalue weighted by molar-refractivity contribution is -0.143. The highest BCUT2D eigenvalue weighted by atomic mass is 16.5. The number of carbonyl (C=O) groups is 2. The van der Waals surface area contributed by atoms with Gasteiger partial charge in [-0.1, -0.05) is 20.8 Å². The summed E-state index contributed by atoms with van der Waals surface area (Å²) in [5, 5.41) is 8.69. The molecule has 1 fully saturated rings. The minimum Gasteiger partial charge on any atom is -0.330 e. The van der Waals surface area contributed by atoms with E-state index >= 15 is 0 Å². The number of nitrogens with one attached hydrogen (secondary N) is 1. The minimum absolute atomic E-state index is 0.00856. The third-order valence-electron chi connectivity index (χ3n) is 2.99. The molecule has 2 amide bonds. The van der Waals surface area contributed by atoms with Gasteiger partial charge in [0.15, 0.2) is 0 Å². The van der Waals surface area contributed by atoms with E-state index < -0.39 is 11.9 Å². The molecule has 92 valence electrons. The molecule has 1 rings (SSSR count). The van der Waals surface area contributed by atoms with Crippen molar-refractivity contribution in [2.75, 3.05) is 6.54 Å². The van der Waals surface area contributed by atoms with E-state index in [9.17, 15) is 9.59 Å². The van der Waals surface area contributed by atoms with Crippen LogP contribution in [0, 0.1) is 11.8 Å². The summed E-state index contributed by atoms with van der Waals surface area (Å²) in [6, 6.07) is -0.539. The third-order valence-corrected chi connectivity index (χ3v) is 2.99. The average Bonchev–Trinajstić information content (AvgIpc) is 2.55. The first-order valence-electron chi connectivity index (χ1n) is 5.71. The van der Waals surface area contributed by atoms with E-state index in [2.05, 4.69) is 0 Å². The number of hydrogen-bond donors (Lipinski definition) is 2. The van der Waals surface area contributed by atoms with Gasteiger partial charge in [-0.15, -0.1) is 0 Å². The summed E-state index contributed by atoms with van der Waals surface area (Å²) in [6.45, 7) is 6.44. The maximum Gasteiger partial charge on any atom is 0.266 e. The number of hydrogen-bond acceptors (Lipinski definition) is 3. The molecule has 2 atom stereocenters. The molecule has 1 aliphatic heterocycles. The Morgan fingerprint density at radius 2 is 2.25 bits per heavy atom. The normalized spacial score (nSPS) is 22.7. The maximum absolute atomic E-state index is 11.8. The van der Waals surface area contributed by atoms with Gasteiger partial charge in [0.2, 0.25) is 5.91 Å². The van der Waals surface area contributed by atoms with Gasteiger partial charge in [-0.25, -0.2) is 5.48 Å². The van der Waals surface area contributed by atoms with Crippen molar-refractivity contribution in [3.8, 4) is 0 Å². The Labute approximate surface area is 95.8 Å². The highest BCUT2D eigenvalue weighted by Gasteiger charge is 2.36. The van der Waals surface area contributed by atoms with Crippen molar-refractivity contribution >= 4 is 11.8 Å². The van der Waals surface area contributed by atoms with E-state index in [0.29, 0.717) is 18.9 Å². The van der Waals surface area contributed by atoms with Crippen molar-refractivity contribution in [3.05, 3.63) is 0 Å². The molecule has 16 heavy (non-hydrogen) atoms. The molecule has 5 nitrogen and oxygen atoms in total. The summed E-state index contributed by atoms with van der Waals surface area (Å²) in [4.78, 5) is 24.9. The van der Waals surface area contributed by atoms with Gasteiger partial charge in [-0.3, -0.25) is 14.8 Å². The summed E-state index contributed by atoms with van der Waals surface area (Å²) in [7, 11) is 0. The van der Waals surface area contributed by atoms with Crippen LogP contribution in [0.3, 0.4) is 0 Å². The fraction of sp³-hybridized carbons (Fsp3) is 0.818. The lowest BCUT2D eigenvalue weighted by Crippen LogP contribution is -2.47. The first kappa shape index (κ1) is 13.0. The van der Waals surface area contributed by atoms with E-state index in [4.69, 9.17) is 5.21 Å². The predicted octanol–water partition coefficient (Wildman–Crippen LogP) is 0.775. The highest BCUT2D eigenvalue weighted by Crippen LogP contribution is 2.23. The molecule has 0 aliphatic carbocycles. The molecule has 1 heterocycles. The molecule has 1 aliphatic rings. The second-order valence-corrected chi connectivity index (χ2v) is 4.84. The molecule has 2 unspecified atom stereocenters. The number of amides is 2. The standard InChI is InChI=1S/C11H20N2O3/c1-7(2)6-9(10(14)12-16)13-5-4-8(3)11(13)15/h7-9,16H,4-6H2,1-3H3,(H,12,14). The Hall–Kier alpha value is -1.10. The van der Waals surface area contributed by atoms with Crippen molar-refractivity contribution in [1.29, 1.82) is 0 Å². The second kappa shape index (κ2) is 5.30. The van der Waals surface area contributed by atoms with Crippen molar-refractivity contribution in [3.63, 3.8) is 0 Å². The molecular formula is C11H20N2O3. The molecule has 2 N–H and O–H groups in total. The Morgan fingerprint density at radius 3 is 2.62 bits per heavy atom. The summed E-state index contributed by atoms with van der Waals surface area (Å²) in [5.41, 5.74) is 1.65. The van der Waals surface area contributed by atoms with Crippen LogP contribution in [0.1, 0.15) is 33.6 Å². The number of nitrogens with zero attached hydrogens (tertiary/aromatic N) is 1. The van der Waals surface area contributed by atoms with Crippen LogP contribution in [0.25, 0.3) is 0 Å². The number of rotatable bonds is 4. The molecule has 0 aromatic rings. The topological polar surface area (TPSA) is 69.6 Å². The van der Waals surface area contributed by atoms with Gasteiger partial charge in [0, 0.05) is 12.5 Å². The first-order valence-corrected chi connectivity index (χ1v) is 5.71. The average molecular weight is 228 g/mol. The van der Waals surface area contributed by atoms with Gasteiger partial charge in [0.1, 0.15) is 6.04 Å². The molecule has 0 radical (unpaired) electrons. The summed E-state index contributed by atoms with van der Waals surface area (Å²) < 4.78 is 0. The Kier molecular flexibility index (Phi) is 4.29. The Bertz CT molecular complexity index is 278. The van der Waals surface area contributed by atoms with Gasteiger partial charge in [0.25, 0.3) is 5.91 Å². The van der Waals surface area contributed by atoms with Gasteiger partial charge in [-0.2, -0.15) is 0 Å². The lowest BCUT2D eigenvalue weighted by Gasteiger charge is -2.27. The van der Waals surface area contributed by atoms with Crippen LogP contribution in [-0.4, -0.2) is 34.5 Å². The van der Waals surface area contributed by atoms with Crippen molar-refractivity contribution in [2.24, 2.45) is 11.8 Å². The molecule has 0 saturated carbocycles. The Balaban J connectivity index is 2.76. The summed E-state index contributed by atoms with van der Waals surface area (Å²) >= 11 is 0. The molecule has 5 heteroatoms. The molecule has 0 aromatic heterocycles. The summed E-state index contributed by atoms with van der Waals surface area (Å²) in [5.74, 6) is -0.197. The largest absolute Gasteiger partial charge is 0.330 e. The van der Waals surface area contributed by atoms with E-state index in [1.54, 1.807) is 10.4 Å². The van der Waals surface area contributed by atoms with Crippen LogP contribution in [-0.2, 0) is 9.59 Å². The molecule has 0 bridgehead atoms. The molecule has 1 saturated heterocycles. The van der Waals surface area contributed by atoms with Crippen molar-refractivity contribution in [1.82, 2.24) is 10.4 Å². The molecule has 0 spiro atoms. The van der Waals surface area contributed by atoms with Gasteiger partial charge in [-0.05, 0) is 18.8 Å². The Morgan fingerprint density at radius 1 is 1.62 bits per heavy atom. The fourth-order valence-corrected chi connectivity index (χ4v) is 2.06. The smallest absolute Gasteiger partial charge is 0.266 e. The third kappa shape index (κ3) is 2.72. The molecular weight excluding hydrogens is 208 g/mol. The predicted molar refractivity (Wildman–Crippen MR) is 58.7 cm³/mol. The van der Waals surface area contributed by atoms with Gasteiger partial charge >= 0.3 is 0 Å². The van der Waals surface area contributed by atoms with Crippen molar-refractivity contribution < 1.29 is 14.8 Å². The fourth-order valence-electron chi connectivity index (χ4n) is 2.06. The molecule has 0 aromatic carbocycles. The SMILES string of the molecule is CC(C)CC(C(=O)NO)N1CCC(C)C1=O. The van der Waals surface area contributed by atoms with Gasteiger partial charge < -0.3 is 4.90 Å². The summed E-state index contributed by atoms with van der Waals surface area (Å²) in [6.07, 6.45) is 1.36. The van der Waals surface area contributed by atoms with Crippen LogP contribution < -0.4 is 5.48 Å². The zero-order valence-corrected chi connectivity index (χ0v) is 10.1. The number of likely N-dealkylation sites (tertiary alicyclic amines) is 1. The van der Waals surface area contributed by atoms with Crippen LogP contribution in [0.15, 0.2) is 0 Å². The lowest BCUT2D eigenvalue weighted by atomic mass is 10.0. The minimum atomic E-state index is -0.539. The van der Waals surface area contributed by atoms with E-state index in [-0.39, 0.29) is 11.8 Å². The van der Waals surface area contributed by atoms with E-state index in [0.717, 1.165) is 6.42 Å². The van der Waals surface area contributed by atoms with E-state index in [1.807, 2.05) is 20.8 Å². The van der Waals surface area contributed by atoms with Crippen LogP contribution in [0.4, 0.5) is 0 Å². The van der Waals surface area contributed by atoms with Gasteiger partial charge in [0.05, 0.1) is 0 Å². The van der Waals surface area contributed by atoms with E-state index in [1.165, 1.54) is 0 Å². The second-order valence-electron chi connectivity index (χ2n) is 4.84. The monoisotopic (exact) mass is 228 g/mol. The number of hydroxylamine groups is 1.